The maximum Gasteiger partial charge on any atom is 0.271 e. The quantitative estimate of drug-likeness (QED) is 0.645. The molecule has 1 heterocycles. The molecule has 0 saturated heterocycles. The summed E-state index contributed by atoms with van der Waals surface area (Å²) in [6.07, 6.45) is 5.07. The molecule has 0 aliphatic heterocycles. The number of nitrogens with one attached hydrogen (secondary N) is 1. The first kappa shape index (κ1) is 12.8. The van der Waals surface area contributed by atoms with Gasteiger partial charge in [-0.1, -0.05) is 18.2 Å². The van der Waals surface area contributed by atoms with Crippen LogP contribution in [0.15, 0.2) is 53.9 Å². The summed E-state index contributed by atoms with van der Waals surface area (Å²) in [5.74, 6) is -0.0784. The highest BCUT2D eigenvalue weighted by molar-refractivity contribution is 5.94. The van der Waals surface area contributed by atoms with E-state index in [2.05, 4.69) is 15.5 Å². The maximum atomic E-state index is 11.6. The lowest BCUT2D eigenvalue weighted by molar-refractivity contribution is 0.0955. The van der Waals surface area contributed by atoms with E-state index in [9.17, 15) is 9.90 Å². The molecule has 2 aromatic rings. The third-order valence-corrected chi connectivity index (χ3v) is 2.50. The van der Waals surface area contributed by atoms with Crippen molar-refractivity contribution in [1.29, 1.82) is 0 Å². The molecule has 0 unspecified atom stereocenters. The monoisotopic (exact) mass is 255 g/mol. The van der Waals surface area contributed by atoms with E-state index in [1.54, 1.807) is 42.7 Å². The van der Waals surface area contributed by atoms with Crippen molar-refractivity contribution in [3.63, 3.8) is 0 Å². The number of pyridine rings is 1. The van der Waals surface area contributed by atoms with Gasteiger partial charge < -0.3 is 5.11 Å². The smallest absolute Gasteiger partial charge is 0.271 e. The number of phenols is 1. The van der Waals surface area contributed by atoms with E-state index in [1.807, 2.05) is 6.07 Å². The van der Waals surface area contributed by atoms with E-state index in [4.69, 9.17) is 0 Å². The Balaban J connectivity index is 1.88. The summed E-state index contributed by atoms with van der Waals surface area (Å²) in [6, 6.07) is 10.2. The molecule has 19 heavy (non-hydrogen) atoms. The molecule has 5 nitrogen and oxygen atoms in total. The minimum Gasteiger partial charge on any atom is -0.508 e. The average Bonchev–Trinajstić information content (AvgIpc) is 2.46. The summed E-state index contributed by atoms with van der Waals surface area (Å²) in [5, 5.41) is 13.4. The molecule has 0 aliphatic carbocycles. The number of hydrogen-bond acceptors (Lipinski definition) is 4. The van der Waals surface area contributed by atoms with Crippen molar-refractivity contribution in [1.82, 2.24) is 10.4 Å². The summed E-state index contributed by atoms with van der Waals surface area (Å²) in [7, 11) is 0. The van der Waals surface area contributed by atoms with Gasteiger partial charge in [-0.25, -0.2) is 5.43 Å². The fraction of sp³-hybridized carbons (Fsp3) is 0.0714. The molecule has 0 saturated carbocycles. The first-order valence-electron chi connectivity index (χ1n) is 5.76. The Morgan fingerprint density at radius 2 is 2.00 bits per heavy atom. The van der Waals surface area contributed by atoms with Crippen LogP contribution in [0, 0.1) is 0 Å². The number of phenolic OH excluding ortho intramolecular Hbond substituents is 1. The molecule has 96 valence electrons. The highest BCUT2D eigenvalue weighted by Crippen LogP contribution is 2.14. The zero-order valence-corrected chi connectivity index (χ0v) is 10.2. The number of para-hydroxylation sites is 1. The van der Waals surface area contributed by atoms with Crippen LogP contribution in [-0.2, 0) is 6.42 Å². The van der Waals surface area contributed by atoms with Crippen LogP contribution in [0.4, 0.5) is 0 Å². The number of benzene rings is 1. The Labute approximate surface area is 110 Å². The highest BCUT2D eigenvalue weighted by atomic mass is 16.3. The molecule has 0 spiro atoms. The Morgan fingerprint density at radius 1 is 1.26 bits per heavy atom. The van der Waals surface area contributed by atoms with Crippen LogP contribution in [0.1, 0.15) is 15.9 Å². The fourth-order valence-electron chi connectivity index (χ4n) is 1.50. The number of rotatable bonds is 4. The summed E-state index contributed by atoms with van der Waals surface area (Å²) in [4.78, 5) is 15.4. The lowest BCUT2D eigenvalue weighted by Crippen LogP contribution is -2.17. The number of hydrogen-bond donors (Lipinski definition) is 2. The van der Waals surface area contributed by atoms with Gasteiger partial charge in [0, 0.05) is 30.6 Å². The van der Waals surface area contributed by atoms with Crippen LogP contribution >= 0.6 is 0 Å². The Hall–Kier alpha value is -2.69. The molecule has 0 aliphatic rings. The van der Waals surface area contributed by atoms with Crippen LogP contribution in [0.5, 0.6) is 5.75 Å². The summed E-state index contributed by atoms with van der Waals surface area (Å²) >= 11 is 0. The Morgan fingerprint density at radius 3 is 2.74 bits per heavy atom. The van der Waals surface area contributed by atoms with Crippen molar-refractivity contribution in [2.24, 2.45) is 5.10 Å². The number of carbonyl (C=O) groups is 1. The van der Waals surface area contributed by atoms with Crippen LogP contribution in [-0.4, -0.2) is 22.2 Å². The van der Waals surface area contributed by atoms with Gasteiger partial charge in [-0.3, -0.25) is 9.78 Å². The third-order valence-electron chi connectivity index (χ3n) is 2.50. The molecule has 2 rings (SSSR count). The van der Waals surface area contributed by atoms with E-state index < -0.39 is 0 Å². The fourth-order valence-corrected chi connectivity index (χ4v) is 1.50. The average molecular weight is 255 g/mol. The third kappa shape index (κ3) is 3.64. The van der Waals surface area contributed by atoms with Crippen LogP contribution in [0.2, 0.25) is 0 Å². The van der Waals surface area contributed by atoms with Gasteiger partial charge in [-0.05, 0) is 23.8 Å². The largest absolute Gasteiger partial charge is 0.508 e. The molecule has 1 amide bonds. The van der Waals surface area contributed by atoms with Gasteiger partial charge in [0.1, 0.15) is 5.75 Å². The first-order valence-corrected chi connectivity index (χ1v) is 5.76. The van der Waals surface area contributed by atoms with Gasteiger partial charge in [-0.2, -0.15) is 5.10 Å². The lowest BCUT2D eigenvalue weighted by Gasteiger charge is -2.00. The van der Waals surface area contributed by atoms with E-state index in [0.29, 0.717) is 12.0 Å². The zero-order chi connectivity index (χ0) is 13.5. The van der Waals surface area contributed by atoms with Gasteiger partial charge in [0.25, 0.3) is 5.91 Å². The SMILES string of the molecule is O=C(NN=CCc1ccccc1O)c1ccncc1. The molecule has 0 atom stereocenters. The van der Waals surface area contributed by atoms with Crippen molar-refractivity contribution < 1.29 is 9.90 Å². The predicted molar refractivity (Wildman–Crippen MR) is 72.0 cm³/mol. The van der Waals surface area contributed by atoms with Crippen molar-refractivity contribution in [3.05, 3.63) is 59.9 Å². The Bertz CT molecular complexity index is 582. The lowest BCUT2D eigenvalue weighted by atomic mass is 10.1. The number of carbonyl (C=O) groups excluding carboxylic acids is 1. The molecule has 0 fully saturated rings. The second-order valence-electron chi connectivity index (χ2n) is 3.82. The van der Waals surface area contributed by atoms with Crippen molar-refractivity contribution in [2.45, 2.75) is 6.42 Å². The summed E-state index contributed by atoms with van der Waals surface area (Å²) < 4.78 is 0. The molecular weight excluding hydrogens is 242 g/mol. The second kappa shape index (κ2) is 6.30. The topological polar surface area (TPSA) is 74.6 Å². The number of hydrazone groups is 1. The second-order valence-corrected chi connectivity index (χ2v) is 3.82. The molecular formula is C14H13N3O2. The molecule has 5 heteroatoms. The van der Waals surface area contributed by atoms with Crippen LogP contribution < -0.4 is 5.43 Å². The summed E-state index contributed by atoms with van der Waals surface area (Å²) in [6.45, 7) is 0. The van der Waals surface area contributed by atoms with Gasteiger partial charge >= 0.3 is 0 Å². The van der Waals surface area contributed by atoms with E-state index in [0.717, 1.165) is 5.56 Å². The van der Waals surface area contributed by atoms with Crippen molar-refractivity contribution >= 4 is 12.1 Å². The van der Waals surface area contributed by atoms with Crippen LogP contribution in [0.25, 0.3) is 0 Å². The molecule has 1 aromatic carbocycles. The van der Waals surface area contributed by atoms with Gasteiger partial charge in [0.15, 0.2) is 0 Å². The molecule has 2 N–H and O–H groups in total. The standard InChI is InChI=1S/C14H13N3O2/c18-13-4-2-1-3-11(13)7-10-16-17-14(19)12-5-8-15-9-6-12/h1-6,8-10,18H,7H2,(H,17,19). The predicted octanol–water partition coefficient (Wildman–Crippen LogP) is 1.75. The number of aromatic hydroxyl groups is 1. The van der Waals surface area contributed by atoms with E-state index in [1.165, 1.54) is 6.21 Å². The van der Waals surface area contributed by atoms with Crippen LogP contribution in [0.3, 0.4) is 0 Å². The molecule has 1 aromatic heterocycles. The first-order chi connectivity index (χ1) is 9.27. The number of nitrogens with zero attached hydrogens (tertiary/aromatic N) is 2. The minimum atomic E-state index is -0.295. The van der Waals surface area contributed by atoms with Gasteiger partial charge in [0.2, 0.25) is 0 Å². The van der Waals surface area contributed by atoms with E-state index >= 15 is 0 Å². The summed E-state index contributed by atoms with van der Waals surface area (Å²) in [5.41, 5.74) is 3.66. The van der Waals surface area contributed by atoms with E-state index in [-0.39, 0.29) is 11.7 Å². The maximum absolute atomic E-state index is 11.6. The van der Waals surface area contributed by atoms with Crippen molar-refractivity contribution in [3.8, 4) is 5.75 Å². The zero-order valence-electron chi connectivity index (χ0n) is 10.2. The normalized spacial score (nSPS) is 10.5. The molecule has 0 bridgehead atoms. The van der Waals surface area contributed by atoms with Gasteiger partial charge in [-0.15, -0.1) is 0 Å². The Kier molecular flexibility index (Phi) is 4.23. The highest BCUT2D eigenvalue weighted by Gasteiger charge is 2.02. The number of aromatic nitrogens is 1. The molecule has 0 radical (unpaired) electrons. The van der Waals surface area contributed by atoms with Crippen molar-refractivity contribution in [2.75, 3.05) is 0 Å². The minimum absolute atomic E-state index is 0.217. The van der Waals surface area contributed by atoms with Gasteiger partial charge in [0.05, 0.1) is 0 Å². The number of amides is 1.